The Hall–Kier alpha value is -3.55. The van der Waals surface area contributed by atoms with Crippen molar-refractivity contribution in [2.24, 2.45) is 0 Å². The normalized spacial score (nSPS) is 11.2. The van der Waals surface area contributed by atoms with Crippen molar-refractivity contribution in [3.05, 3.63) is 86.6 Å². The van der Waals surface area contributed by atoms with E-state index < -0.39 is 11.6 Å². The van der Waals surface area contributed by atoms with Crippen LogP contribution < -0.4 is 11.2 Å². The largest absolute Gasteiger partial charge is 0.323 e. The topological polar surface area (TPSA) is 83.5 Å². The Morgan fingerprint density at radius 3 is 2.38 bits per heavy atom. The minimum Gasteiger partial charge on any atom is -0.306 e. The summed E-state index contributed by atoms with van der Waals surface area (Å²) in [6.45, 7) is 0.146. The number of fused-ring (bicyclic) bond motifs is 1. The van der Waals surface area contributed by atoms with E-state index >= 15 is 0 Å². The van der Waals surface area contributed by atoms with Gasteiger partial charge in [0.05, 0.1) is 23.3 Å². The van der Waals surface area contributed by atoms with Crippen LogP contribution >= 0.6 is 0 Å². The number of hydrogen-bond acceptors (Lipinski definition) is 3. The number of rotatable bonds is 3. The fourth-order valence-corrected chi connectivity index (χ4v) is 2.77. The zero-order valence-electron chi connectivity index (χ0n) is 13.3. The number of halogens is 2. The molecule has 4 aromatic rings. The molecule has 0 aliphatic carbocycles. The highest BCUT2D eigenvalue weighted by molar-refractivity contribution is 5.75. The Kier molecular flexibility index (Phi) is 3.72. The molecule has 4 rings (SSSR count). The Balaban J connectivity index is 1.73. The first kappa shape index (κ1) is 15.9. The molecule has 2 heterocycles. The second-order valence-electron chi connectivity index (χ2n) is 5.83. The van der Waals surface area contributed by atoms with E-state index in [9.17, 15) is 18.4 Å². The summed E-state index contributed by atoms with van der Waals surface area (Å²) < 4.78 is 28.0. The lowest BCUT2D eigenvalue weighted by atomic mass is 10.1. The maximum absolute atomic E-state index is 13.4. The van der Waals surface area contributed by atoms with Crippen LogP contribution in [0.2, 0.25) is 0 Å². The molecule has 26 heavy (non-hydrogen) atoms. The highest BCUT2D eigenvalue weighted by Crippen LogP contribution is 2.19. The van der Waals surface area contributed by atoms with Crippen LogP contribution in [0.3, 0.4) is 0 Å². The summed E-state index contributed by atoms with van der Waals surface area (Å²) in [7, 11) is 0. The number of aromatic amines is 2. The third-order valence-electron chi connectivity index (χ3n) is 3.94. The van der Waals surface area contributed by atoms with Crippen LogP contribution in [0.1, 0.15) is 5.56 Å². The lowest BCUT2D eigenvalue weighted by Gasteiger charge is -2.08. The second-order valence-corrected chi connectivity index (χ2v) is 5.83. The minimum absolute atomic E-state index is 0.146. The maximum atomic E-state index is 13.4. The van der Waals surface area contributed by atoms with Gasteiger partial charge in [0.1, 0.15) is 11.6 Å². The van der Waals surface area contributed by atoms with Crippen LogP contribution in [-0.4, -0.2) is 19.7 Å². The first-order valence-electron chi connectivity index (χ1n) is 7.73. The summed E-state index contributed by atoms with van der Waals surface area (Å²) in [5.74, 6) is -1.44. The molecule has 8 heteroatoms. The van der Waals surface area contributed by atoms with Crippen molar-refractivity contribution in [1.82, 2.24) is 19.7 Å². The quantitative estimate of drug-likeness (QED) is 0.593. The van der Waals surface area contributed by atoms with Gasteiger partial charge in [-0.05, 0) is 35.9 Å². The molecule has 6 nitrogen and oxygen atoms in total. The van der Waals surface area contributed by atoms with Gasteiger partial charge >= 0.3 is 5.69 Å². The van der Waals surface area contributed by atoms with Gasteiger partial charge in [0.25, 0.3) is 5.56 Å². The van der Waals surface area contributed by atoms with E-state index in [1.54, 1.807) is 18.2 Å². The fraction of sp³-hybridized carbons (Fsp3) is 0.0556. The van der Waals surface area contributed by atoms with Crippen LogP contribution in [0.25, 0.3) is 22.3 Å². The highest BCUT2D eigenvalue weighted by Gasteiger charge is 2.08. The first-order chi connectivity index (χ1) is 12.5. The Morgan fingerprint density at radius 1 is 0.885 bits per heavy atom. The van der Waals surface area contributed by atoms with Crippen LogP contribution in [0, 0.1) is 11.6 Å². The molecule has 0 saturated carbocycles. The zero-order chi connectivity index (χ0) is 18.3. The average molecular weight is 354 g/mol. The van der Waals surface area contributed by atoms with Gasteiger partial charge in [-0.25, -0.2) is 18.3 Å². The van der Waals surface area contributed by atoms with Crippen molar-refractivity contribution >= 4 is 11.0 Å². The fourth-order valence-electron chi connectivity index (χ4n) is 2.77. The van der Waals surface area contributed by atoms with Crippen LogP contribution in [0.5, 0.6) is 0 Å². The van der Waals surface area contributed by atoms with Gasteiger partial charge in [0.15, 0.2) is 0 Å². The molecule has 0 unspecified atom stereocenters. The Labute approximate surface area is 144 Å². The molecule has 130 valence electrons. The standard InChI is InChI=1S/C18H12F2N4O2/c19-12-6-11(7-13(20)8-12)14-3-4-17(25)24(23-14)9-10-1-2-15-16(5-10)22-18(26)21-15/h1-8H,9H2,(H2,21,22,26). The highest BCUT2D eigenvalue weighted by atomic mass is 19.1. The predicted octanol–water partition coefficient (Wildman–Crippen LogP) is 2.41. The molecule has 0 aliphatic rings. The molecule has 0 spiro atoms. The van der Waals surface area contributed by atoms with Crippen molar-refractivity contribution in [3.63, 3.8) is 0 Å². The summed E-state index contributed by atoms with van der Waals surface area (Å²) in [5.41, 5.74) is 1.86. The molecule has 2 aromatic heterocycles. The van der Waals surface area contributed by atoms with Crippen LogP contribution in [0.4, 0.5) is 8.78 Å². The number of benzene rings is 2. The van der Waals surface area contributed by atoms with Gasteiger partial charge in [-0.2, -0.15) is 5.10 Å². The van der Waals surface area contributed by atoms with Crippen molar-refractivity contribution in [2.75, 3.05) is 0 Å². The summed E-state index contributed by atoms with van der Waals surface area (Å²) >= 11 is 0. The molecule has 0 amide bonds. The van der Waals surface area contributed by atoms with E-state index in [4.69, 9.17) is 0 Å². The van der Waals surface area contributed by atoms with E-state index in [0.717, 1.165) is 23.8 Å². The van der Waals surface area contributed by atoms with Gasteiger partial charge in [-0.15, -0.1) is 0 Å². The summed E-state index contributed by atoms with van der Waals surface area (Å²) in [5, 5.41) is 4.20. The Morgan fingerprint density at radius 2 is 1.62 bits per heavy atom. The lowest BCUT2D eigenvalue weighted by Crippen LogP contribution is -2.22. The van der Waals surface area contributed by atoms with Crippen molar-refractivity contribution < 1.29 is 8.78 Å². The molecule has 0 aliphatic heterocycles. The first-order valence-corrected chi connectivity index (χ1v) is 7.73. The van der Waals surface area contributed by atoms with Crippen LogP contribution in [-0.2, 0) is 6.54 Å². The average Bonchev–Trinajstić information content (AvgIpc) is 2.95. The molecule has 0 bridgehead atoms. The van der Waals surface area contributed by atoms with Gasteiger partial charge in [0.2, 0.25) is 0 Å². The molecular weight excluding hydrogens is 342 g/mol. The predicted molar refractivity (Wildman–Crippen MR) is 91.9 cm³/mol. The molecule has 0 radical (unpaired) electrons. The maximum Gasteiger partial charge on any atom is 0.323 e. The number of nitrogens with zero attached hydrogens (tertiary/aromatic N) is 2. The van der Waals surface area contributed by atoms with Crippen molar-refractivity contribution in [1.29, 1.82) is 0 Å². The SMILES string of the molecule is O=c1[nH]c2ccc(Cn3nc(-c4cc(F)cc(F)c4)ccc3=O)cc2[nH]1. The van der Waals surface area contributed by atoms with E-state index in [0.29, 0.717) is 11.0 Å². The van der Waals surface area contributed by atoms with E-state index in [1.807, 2.05) is 0 Å². The molecule has 0 atom stereocenters. The third-order valence-corrected chi connectivity index (χ3v) is 3.94. The lowest BCUT2D eigenvalue weighted by molar-refractivity contribution is 0.583. The van der Waals surface area contributed by atoms with Crippen LogP contribution in [0.15, 0.2) is 58.1 Å². The Bertz CT molecular complexity index is 1220. The number of nitrogens with one attached hydrogen (secondary N) is 2. The number of hydrogen-bond donors (Lipinski definition) is 2. The summed E-state index contributed by atoms with van der Waals surface area (Å²) in [6.07, 6.45) is 0. The van der Waals surface area contributed by atoms with E-state index in [2.05, 4.69) is 15.1 Å². The zero-order valence-corrected chi connectivity index (χ0v) is 13.3. The number of aromatic nitrogens is 4. The van der Waals surface area contributed by atoms with Crippen molar-refractivity contribution in [2.45, 2.75) is 6.54 Å². The summed E-state index contributed by atoms with van der Waals surface area (Å²) in [4.78, 5) is 28.7. The molecular formula is C18H12F2N4O2. The minimum atomic E-state index is -0.721. The number of imidazole rings is 1. The van der Waals surface area contributed by atoms with Gasteiger partial charge < -0.3 is 9.97 Å². The third kappa shape index (κ3) is 3.04. The van der Waals surface area contributed by atoms with E-state index in [1.165, 1.54) is 16.8 Å². The van der Waals surface area contributed by atoms with E-state index in [-0.39, 0.29) is 29.1 Å². The molecule has 2 aromatic carbocycles. The van der Waals surface area contributed by atoms with Gasteiger partial charge in [-0.1, -0.05) is 6.07 Å². The van der Waals surface area contributed by atoms with Crippen molar-refractivity contribution in [3.8, 4) is 11.3 Å². The smallest absolute Gasteiger partial charge is 0.306 e. The summed E-state index contributed by atoms with van der Waals surface area (Å²) in [6, 6.07) is 11.0. The monoisotopic (exact) mass is 354 g/mol. The molecule has 0 fully saturated rings. The number of H-pyrrole nitrogens is 2. The molecule has 0 saturated heterocycles. The van der Waals surface area contributed by atoms with Gasteiger partial charge in [-0.3, -0.25) is 4.79 Å². The van der Waals surface area contributed by atoms with Gasteiger partial charge in [0, 0.05) is 17.7 Å². The molecule has 2 N–H and O–H groups in total. The second kappa shape index (κ2) is 6.07.